The van der Waals surface area contributed by atoms with Crippen molar-refractivity contribution in [3.63, 3.8) is 0 Å². The number of nitrogens with one attached hydrogen (secondary N) is 4. The molecular formula is C40H40N10O11S3. The van der Waals surface area contributed by atoms with E-state index in [0.717, 1.165) is 31.8 Å². The van der Waals surface area contributed by atoms with Crippen molar-refractivity contribution in [1.29, 1.82) is 0 Å². The molecule has 0 saturated carbocycles. The number of allylic oxidation sites excluding steroid dienone is 4. The number of anilines is 5. The maximum atomic E-state index is 13.8. The van der Waals surface area contributed by atoms with Gasteiger partial charge in [-0.05, 0) is 97.5 Å². The molecule has 2 aliphatic rings. The molecule has 0 radical (unpaired) electrons. The van der Waals surface area contributed by atoms with Crippen LogP contribution in [-0.2, 0) is 35.1 Å². The first-order valence-corrected chi connectivity index (χ1v) is 23.3. The average molecular weight is 933 g/mol. The smallest absolute Gasteiger partial charge is 0.296 e. The van der Waals surface area contributed by atoms with E-state index in [9.17, 15) is 48.5 Å². The average Bonchev–Trinajstić information content (AvgIpc) is 3.24. The number of benzene rings is 4. The van der Waals surface area contributed by atoms with Crippen LogP contribution in [0.1, 0.15) is 29.8 Å². The highest BCUT2D eigenvalue weighted by atomic mass is 32.2. The van der Waals surface area contributed by atoms with Gasteiger partial charge in [-0.1, -0.05) is 32.0 Å². The van der Waals surface area contributed by atoms with E-state index in [1.807, 2.05) is 0 Å². The zero-order valence-corrected chi connectivity index (χ0v) is 36.2. The van der Waals surface area contributed by atoms with Crippen molar-refractivity contribution in [2.45, 2.75) is 23.6 Å². The predicted octanol–water partition coefficient (Wildman–Crippen LogP) is 5.54. The van der Waals surface area contributed by atoms with Crippen LogP contribution in [0.25, 0.3) is 6.08 Å². The summed E-state index contributed by atoms with van der Waals surface area (Å²) in [5.74, 6) is -1.37. The van der Waals surface area contributed by atoms with Gasteiger partial charge in [-0.25, -0.2) is 0 Å². The van der Waals surface area contributed by atoms with E-state index in [-0.39, 0.29) is 17.2 Å². The molecule has 0 saturated heterocycles. The molecule has 6 rings (SSSR count). The van der Waals surface area contributed by atoms with Crippen LogP contribution in [0.2, 0.25) is 0 Å². The van der Waals surface area contributed by atoms with Crippen molar-refractivity contribution in [2.75, 3.05) is 48.1 Å². The molecule has 2 aliphatic carbocycles. The highest BCUT2D eigenvalue weighted by Gasteiger charge is 2.37. The number of hydrogen-bond donors (Lipinski definition) is 8. The Labute approximate surface area is 367 Å². The van der Waals surface area contributed by atoms with E-state index in [2.05, 4.69) is 60.7 Å². The molecule has 0 spiro atoms. The quantitative estimate of drug-likeness (QED) is 0.0212. The summed E-state index contributed by atoms with van der Waals surface area (Å²) >= 11 is 0. The van der Waals surface area contributed by atoms with Crippen LogP contribution in [0.5, 0.6) is 0 Å². The Hall–Kier alpha value is -6.93. The molecule has 21 nitrogen and oxygen atoms in total. The monoisotopic (exact) mass is 932 g/mol. The van der Waals surface area contributed by atoms with Gasteiger partial charge >= 0.3 is 0 Å². The third kappa shape index (κ3) is 11.2. The van der Waals surface area contributed by atoms with Gasteiger partial charge in [-0.15, -0.1) is 5.11 Å². The lowest BCUT2D eigenvalue weighted by molar-refractivity contribution is -0.110. The SMILES string of the molecule is CCN(CC)CCNC1=CC(=O)C=C/C1=N/Nc1ccc(Nc2ccc(N=Nc3c(S(=O)(=O)O)cc4c(c3N)C(=O)/C(=N/Nc3ccccc3)C(S(=O)(=O)O)=C4)cc2S(=O)(=O)O)cc1. The molecule has 4 aromatic carbocycles. The first kappa shape index (κ1) is 46.6. The minimum Gasteiger partial charge on any atom is -0.396 e. The third-order valence-corrected chi connectivity index (χ3v) is 12.1. The minimum absolute atomic E-state index is 0.111. The number of Topliss-reactive ketones (excluding diaryl/α,β-unsaturated/α-hetero) is 1. The van der Waals surface area contributed by atoms with Gasteiger partial charge in [-0.3, -0.25) is 34.1 Å². The fourth-order valence-electron chi connectivity index (χ4n) is 6.28. The molecular weight excluding hydrogens is 893 g/mol. The fourth-order valence-corrected chi connectivity index (χ4v) is 8.28. The summed E-state index contributed by atoms with van der Waals surface area (Å²) in [6, 6.07) is 18.5. The Balaban J connectivity index is 1.26. The lowest BCUT2D eigenvalue weighted by Gasteiger charge is -2.20. The molecule has 0 aliphatic heterocycles. The molecule has 334 valence electrons. The molecule has 4 aromatic rings. The minimum atomic E-state index is -5.23. The van der Waals surface area contributed by atoms with E-state index in [4.69, 9.17) is 5.73 Å². The van der Waals surface area contributed by atoms with Crippen LogP contribution in [-0.4, -0.2) is 93.0 Å². The molecule has 0 unspecified atom stereocenters. The van der Waals surface area contributed by atoms with Gasteiger partial charge in [0.25, 0.3) is 30.4 Å². The van der Waals surface area contributed by atoms with Gasteiger partial charge in [0.1, 0.15) is 26.1 Å². The maximum absolute atomic E-state index is 13.8. The predicted molar refractivity (Wildman–Crippen MR) is 241 cm³/mol. The second-order valence-electron chi connectivity index (χ2n) is 13.7. The molecule has 0 amide bonds. The summed E-state index contributed by atoms with van der Waals surface area (Å²) < 4.78 is 105. The highest BCUT2D eigenvalue weighted by Crippen LogP contribution is 2.41. The van der Waals surface area contributed by atoms with Gasteiger partial charge in [0.05, 0.1) is 39.7 Å². The topological polar surface area (TPSA) is 324 Å². The lowest BCUT2D eigenvalue weighted by atomic mass is 9.92. The number of ketones is 2. The summed E-state index contributed by atoms with van der Waals surface area (Å²) in [4.78, 5) is 25.3. The first-order valence-electron chi connectivity index (χ1n) is 19.0. The van der Waals surface area contributed by atoms with Crippen LogP contribution in [0.15, 0.2) is 138 Å². The number of hydrogen-bond acceptors (Lipinski definition) is 18. The maximum Gasteiger partial charge on any atom is 0.296 e. The number of fused-ring (bicyclic) bond motifs is 1. The first-order chi connectivity index (χ1) is 30.3. The second kappa shape index (κ2) is 19.2. The fraction of sp³-hybridized carbons (Fsp3) is 0.150. The van der Waals surface area contributed by atoms with Crippen LogP contribution >= 0.6 is 0 Å². The van der Waals surface area contributed by atoms with Crippen LogP contribution in [0.3, 0.4) is 0 Å². The lowest BCUT2D eigenvalue weighted by Crippen LogP contribution is -2.33. The van der Waals surface area contributed by atoms with Crippen LogP contribution in [0.4, 0.5) is 39.8 Å². The Bertz CT molecular complexity index is 3040. The molecule has 0 heterocycles. The van der Waals surface area contributed by atoms with Crippen molar-refractivity contribution in [3.05, 3.63) is 119 Å². The highest BCUT2D eigenvalue weighted by molar-refractivity contribution is 7.91. The summed E-state index contributed by atoms with van der Waals surface area (Å²) in [5.41, 5.74) is 10.3. The Morgan fingerprint density at radius 1 is 0.703 bits per heavy atom. The second-order valence-corrected chi connectivity index (χ2v) is 17.9. The van der Waals surface area contributed by atoms with Gasteiger partial charge in [-0.2, -0.15) is 40.6 Å². The van der Waals surface area contributed by atoms with E-state index >= 15 is 0 Å². The summed E-state index contributed by atoms with van der Waals surface area (Å²) in [6.45, 7) is 7.27. The number of carbonyl (C=O) groups is 2. The zero-order chi connectivity index (χ0) is 46.4. The number of rotatable bonds is 17. The Morgan fingerprint density at radius 3 is 1.98 bits per heavy atom. The number of nitrogens with two attached hydrogens (primary N) is 1. The molecule has 0 atom stereocenters. The third-order valence-electron chi connectivity index (χ3n) is 9.51. The number of hydrazone groups is 2. The number of carbonyl (C=O) groups excluding carboxylic acids is 2. The van der Waals surface area contributed by atoms with Crippen LogP contribution < -0.4 is 27.2 Å². The van der Waals surface area contributed by atoms with Crippen molar-refractivity contribution >= 4 is 99.2 Å². The van der Waals surface area contributed by atoms with Gasteiger partial charge in [0.15, 0.2) is 11.5 Å². The van der Waals surface area contributed by atoms with Crippen molar-refractivity contribution in [3.8, 4) is 0 Å². The number of nitrogens with zero attached hydrogens (tertiary/aromatic N) is 5. The zero-order valence-electron chi connectivity index (χ0n) is 33.8. The van der Waals surface area contributed by atoms with E-state index in [0.29, 0.717) is 41.1 Å². The van der Waals surface area contributed by atoms with Gasteiger partial charge in [0.2, 0.25) is 5.78 Å². The Kier molecular flexibility index (Phi) is 14.0. The number of azo groups is 1. The number of para-hydroxylation sites is 1. The normalized spacial score (nSPS) is 15.7. The van der Waals surface area contributed by atoms with Gasteiger partial charge in [0, 0.05) is 24.9 Å². The molecule has 0 aromatic heterocycles. The molecule has 0 fully saturated rings. The van der Waals surface area contributed by atoms with E-state index in [1.165, 1.54) is 24.3 Å². The largest absolute Gasteiger partial charge is 0.396 e. The molecule has 0 bridgehead atoms. The molecule has 9 N–H and O–H groups in total. The summed E-state index contributed by atoms with van der Waals surface area (Å²) in [6.07, 6.45) is 5.16. The molecule has 24 heteroatoms. The number of nitrogen functional groups attached to an aromatic ring is 1. The summed E-state index contributed by atoms with van der Waals surface area (Å²) in [5, 5.41) is 22.1. The standard InChI is InChI=1S/C40H40N10O11S3/c1-3-50(4-2)19-18-42-32-23-29(51)15-17-30(32)47-44-27-12-10-25(11-13-27)43-31-16-14-28(22-33(31)62(53,54)55)46-48-38-34(63(56,57)58)20-24-21-35(64(59,60)61)39(40(52)36(24)37(38)41)49-45-26-8-6-5-7-9-26/h5-17,20-23,42-45H,3-4,18-19,41H2,1-2H3,(H,53,54,55)(H,56,57,58)(H,59,60,61)/b47-30-,48-46?,49-39+. The number of likely N-dealkylation sites (N-methyl/N-ethyl adjacent to an activating group) is 1. The van der Waals surface area contributed by atoms with E-state index in [1.54, 1.807) is 60.7 Å². The van der Waals surface area contributed by atoms with Crippen molar-refractivity contribution in [1.82, 2.24) is 10.2 Å². The molecule has 64 heavy (non-hydrogen) atoms. The van der Waals surface area contributed by atoms with Gasteiger partial charge < -0.3 is 21.3 Å². The Morgan fingerprint density at radius 2 is 1.34 bits per heavy atom. The van der Waals surface area contributed by atoms with Crippen molar-refractivity contribution in [2.24, 2.45) is 20.4 Å². The van der Waals surface area contributed by atoms with E-state index < -0.39 is 79.0 Å². The van der Waals surface area contributed by atoms with Crippen molar-refractivity contribution < 1.29 is 48.5 Å². The summed E-state index contributed by atoms with van der Waals surface area (Å²) in [7, 11) is -15.3. The van der Waals surface area contributed by atoms with Crippen LogP contribution in [0, 0.1) is 0 Å².